The Balaban J connectivity index is 2.64. The zero-order valence-corrected chi connectivity index (χ0v) is 22.7. The minimum Gasteiger partial charge on any atom is -0.392 e. The molecule has 0 amide bonds. The van der Waals surface area contributed by atoms with Gasteiger partial charge in [0.25, 0.3) is 0 Å². The second kappa shape index (κ2) is 20.5. The smallest absolute Gasteiger partial charge is 0.0646 e. The lowest BCUT2D eigenvalue weighted by atomic mass is 9.96. The third kappa shape index (κ3) is 14.4. The lowest BCUT2D eigenvalue weighted by Gasteiger charge is -2.14. The Morgan fingerprint density at radius 3 is 0.848 bits per heavy atom. The number of hydrogen-bond acceptors (Lipinski definition) is 6. The van der Waals surface area contributed by atoms with Crippen LogP contribution >= 0.6 is 23.8 Å². The second-order valence-electron chi connectivity index (χ2n) is 8.56. The number of unbranched alkanes of at least 4 members (excludes halogenated alkanes) is 3. The van der Waals surface area contributed by atoms with Gasteiger partial charge in [0.2, 0.25) is 0 Å². The number of aliphatic hydroxyl groups is 6. The zero-order valence-electron chi connectivity index (χ0n) is 20.0. The van der Waals surface area contributed by atoms with Crippen molar-refractivity contribution in [3.8, 4) is 0 Å². The molecule has 0 aromatic heterocycles. The van der Waals surface area contributed by atoms with Gasteiger partial charge in [0, 0.05) is 0 Å². The van der Waals surface area contributed by atoms with Crippen molar-refractivity contribution in [2.75, 3.05) is 56.6 Å². The van der Waals surface area contributed by atoms with Crippen molar-refractivity contribution in [3.63, 3.8) is 0 Å². The van der Waals surface area contributed by atoms with Crippen molar-refractivity contribution in [2.24, 2.45) is 0 Å². The molecule has 192 valence electrons. The van der Waals surface area contributed by atoms with Crippen LogP contribution in [0.1, 0.15) is 55.2 Å². The number of aryl methyl sites for hydroxylation is 3. The van der Waals surface area contributed by atoms with Crippen LogP contribution in [0.15, 0.2) is 18.2 Å². The molecule has 33 heavy (non-hydrogen) atoms. The molecule has 0 saturated carbocycles. The first kappa shape index (κ1) is 31.3. The fraction of sp³-hybridized carbons (Fsp3) is 0.750. The van der Waals surface area contributed by atoms with Gasteiger partial charge in [-0.15, -0.1) is 0 Å². The summed E-state index contributed by atoms with van der Waals surface area (Å²) in [5.74, 6) is 0. The quantitative estimate of drug-likeness (QED) is 0.108. The normalized spacial score (nSPS) is 11.9. The van der Waals surface area contributed by atoms with Gasteiger partial charge >= 0.3 is 0 Å². The lowest BCUT2D eigenvalue weighted by molar-refractivity contribution is 0.342. The number of aliphatic hydroxyl groups excluding tert-OH is 6. The summed E-state index contributed by atoms with van der Waals surface area (Å²) in [7, 11) is -1.93. The summed E-state index contributed by atoms with van der Waals surface area (Å²) in [5.41, 5.74) is 4.04. The molecule has 6 nitrogen and oxygen atoms in total. The molecule has 9 heteroatoms. The summed E-state index contributed by atoms with van der Waals surface area (Å²) < 4.78 is 0. The highest BCUT2D eigenvalue weighted by Gasteiger charge is 2.08. The molecular formula is C24H45O6P3. The molecule has 0 atom stereocenters. The highest BCUT2D eigenvalue weighted by molar-refractivity contribution is 7.57. The van der Waals surface area contributed by atoms with Crippen molar-refractivity contribution in [1.82, 2.24) is 0 Å². The topological polar surface area (TPSA) is 121 Å². The first-order valence-electron chi connectivity index (χ1n) is 12.0. The van der Waals surface area contributed by atoms with Crippen LogP contribution in [0.2, 0.25) is 0 Å². The largest absolute Gasteiger partial charge is 0.392 e. The van der Waals surface area contributed by atoms with Crippen LogP contribution in [0.3, 0.4) is 0 Å². The van der Waals surface area contributed by atoms with E-state index in [1.165, 1.54) is 16.7 Å². The van der Waals surface area contributed by atoms with Crippen molar-refractivity contribution in [2.45, 2.75) is 57.8 Å². The summed E-state index contributed by atoms with van der Waals surface area (Å²) in [6.45, 7) is 0. The predicted octanol–water partition coefficient (Wildman–Crippen LogP) is 3.80. The summed E-state index contributed by atoms with van der Waals surface area (Å²) in [6, 6.07) is 6.92. The van der Waals surface area contributed by atoms with Gasteiger partial charge in [-0.1, -0.05) is 42.0 Å². The first-order valence-corrected chi connectivity index (χ1v) is 17.7. The van der Waals surface area contributed by atoms with E-state index in [4.69, 9.17) is 0 Å². The van der Waals surface area contributed by atoms with E-state index in [0.29, 0.717) is 0 Å². The van der Waals surface area contributed by atoms with Crippen molar-refractivity contribution >= 4 is 23.8 Å². The van der Waals surface area contributed by atoms with E-state index in [0.717, 1.165) is 76.3 Å². The highest BCUT2D eigenvalue weighted by Crippen LogP contribution is 2.35. The molecule has 6 N–H and O–H groups in total. The Morgan fingerprint density at radius 1 is 0.394 bits per heavy atom. The van der Waals surface area contributed by atoms with Gasteiger partial charge in [0.05, 0.1) is 38.1 Å². The fourth-order valence-electron chi connectivity index (χ4n) is 3.82. The third-order valence-corrected chi connectivity index (χ3v) is 11.1. The average Bonchev–Trinajstić information content (AvgIpc) is 2.84. The molecule has 1 aromatic rings. The monoisotopic (exact) mass is 522 g/mol. The fourth-order valence-corrected chi connectivity index (χ4v) is 6.95. The molecule has 0 fully saturated rings. The molecule has 0 spiro atoms. The van der Waals surface area contributed by atoms with Gasteiger partial charge in [-0.2, -0.15) is 0 Å². The van der Waals surface area contributed by atoms with E-state index >= 15 is 0 Å². The first-order chi connectivity index (χ1) is 16.1. The molecule has 0 saturated heterocycles. The maximum Gasteiger partial charge on any atom is 0.0646 e. The zero-order chi connectivity index (χ0) is 24.3. The third-order valence-electron chi connectivity index (χ3n) is 5.88. The molecule has 0 bridgehead atoms. The standard InChI is InChI=1S/C24H45O6P3/c25-16-31(17-26)10-4-1-7-22-13-23(8-2-5-11-32(18-27)19-28)15-24(14-22)9-3-6-12-33(20-29)21-30/h13-15,25-30H,1-12,16-21H2. The minimum absolute atomic E-state index is 0.106. The van der Waals surface area contributed by atoms with Crippen molar-refractivity contribution < 1.29 is 30.6 Å². The number of benzene rings is 1. The van der Waals surface area contributed by atoms with Gasteiger partial charge in [-0.05, 0) is 93.0 Å². The Hall–Kier alpha value is 0.270. The Bertz CT molecular complexity index is 502. The highest BCUT2D eigenvalue weighted by atomic mass is 31.1. The number of rotatable bonds is 21. The lowest BCUT2D eigenvalue weighted by Crippen LogP contribution is -1.99. The van der Waals surface area contributed by atoms with E-state index in [1.54, 1.807) is 0 Å². The summed E-state index contributed by atoms with van der Waals surface area (Å²) in [6.07, 6.45) is 12.6. The molecule has 0 heterocycles. The minimum atomic E-state index is -0.643. The summed E-state index contributed by atoms with van der Waals surface area (Å²) >= 11 is 0. The van der Waals surface area contributed by atoms with Gasteiger partial charge in [-0.25, -0.2) is 0 Å². The maximum absolute atomic E-state index is 9.27. The van der Waals surface area contributed by atoms with E-state index in [2.05, 4.69) is 18.2 Å². The Morgan fingerprint density at radius 2 is 0.636 bits per heavy atom. The molecule has 0 unspecified atom stereocenters. The van der Waals surface area contributed by atoms with Crippen LogP contribution in [-0.2, 0) is 19.3 Å². The van der Waals surface area contributed by atoms with Gasteiger partial charge in [0.15, 0.2) is 0 Å². The van der Waals surface area contributed by atoms with E-state index in [9.17, 15) is 30.6 Å². The molecule has 0 aliphatic rings. The van der Waals surface area contributed by atoms with Crippen LogP contribution in [0.5, 0.6) is 0 Å². The molecule has 0 aliphatic heterocycles. The van der Waals surface area contributed by atoms with Crippen LogP contribution in [-0.4, -0.2) is 87.2 Å². The maximum atomic E-state index is 9.27. The van der Waals surface area contributed by atoms with E-state index in [-0.39, 0.29) is 38.1 Å². The number of hydrogen-bond donors (Lipinski definition) is 6. The van der Waals surface area contributed by atoms with Crippen molar-refractivity contribution in [1.29, 1.82) is 0 Å². The van der Waals surface area contributed by atoms with Crippen LogP contribution in [0, 0.1) is 0 Å². The Labute approximate surface area is 203 Å². The second-order valence-corrected chi connectivity index (χ2v) is 15.6. The van der Waals surface area contributed by atoms with Gasteiger partial charge in [-0.3, -0.25) is 0 Å². The SMILES string of the molecule is OCP(CO)CCCCc1cc(CCCCP(CO)CO)cc(CCCCP(CO)CO)c1. The molecule has 1 rings (SSSR count). The Kier molecular flexibility index (Phi) is 19.4. The van der Waals surface area contributed by atoms with Crippen molar-refractivity contribution in [3.05, 3.63) is 34.9 Å². The molecule has 0 aliphatic carbocycles. The van der Waals surface area contributed by atoms with E-state index < -0.39 is 23.8 Å². The summed E-state index contributed by atoms with van der Waals surface area (Å²) in [4.78, 5) is 0. The summed E-state index contributed by atoms with van der Waals surface area (Å²) in [5, 5.41) is 55.6. The molecular weight excluding hydrogens is 477 g/mol. The predicted molar refractivity (Wildman–Crippen MR) is 143 cm³/mol. The van der Waals surface area contributed by atoms with Gasteiger partial charge in [0.1, 0.15) is 0 Å². The van der Waals surface area contributed by atoms with Crippen LogP contribution < -0.4 is 0 Å². The van der Waals surface area contributed by atoms with Crippen LogP contribution in [0.4, 0.5) is 0 Å². The van der Waals surface area contributed by atoms with Gasteiger partial charge < -0.3 is 30.6 Å². The average molecular weight is 523 g/mol. The molecule has 0 radical (unpaired) electrons. The van der Waals surface area contributed by atoms with E-state index in [1.807, 2.05) is 0 Å². The molecule has 1 aromatic carbocycles. The van der Waals surface area contributed by atoms with Crippen LogP contribution in [0.25, 0.3) is 0 Å².